The van der Waals surface area contributed by atoms with Gasteiger partial charge in [-0.1, -0.05) is 31.9 Å². The van der Waals surface area contributed by atoms with Crippen molar-refractivity contribution in [3.05, 3.63) is 10.6 Å². The topological polar surface area (TPSA) is 37.3 Å². The Morgan fingerprint density at radius 3 is 2.27 bits per heavy atom. The molecule has 1 N–H and O–H groups in total. The van der Waals surface area contributed by atoms with Gasteiger partial charge in [-0.3, -0.25) is 0 Å². The summed E-state index contributed by atoms with van der Waals surface area (Å²) >= 11 is 5.74. The number of hydrogen-bond donors (Lipinski definition) is 1. The molecule has 0 amide bonds. The van der Waals surface area contributed by atoms with Crippen LogP contribution in [0.2, 0.25) is 0 Å². The van der Waals surface area contributed by atoms with E-state index in [1.807, 2.05) is 6.92 Å². The Kier molecular flexibility index (Phi) is 4.95. The fourth-order valence-electron chi connectivity index (χ4n) is 0.829. The molecule has 0 spiro atoms. The lowest BCUT2D eigenvalue weighted by atomic mass is 10.1. The summed E-state index contributed by atoms with van der Waals surface area (Å²) in [5.74, 6) is -0.897. The molecule has 3 heteroatoms. The molecule has 0 fully saturated rings. The van der Waals surface area contributed by atoms with E-state index in [9.17, 15) is 4.79 Å². The van der Waals surface area contributed by atoms with Crippen molar-refractivity contribution >= 4 is 17.6 Å². The van der Waals surface area contributed by atoms with E-state index in [2.05, 4.69) is 0 Å². The molecule has 0 saturated heterocycles. The largest absolute Gasteiger partial charge is 0.478 e. The lowest BCUT2D eigenvalue weighted by Gasteiger charge is -2.01. The number of carboxylic acids is 1. The third-order valence-corrected chi connectivity index (χ3v) is 1.83. The van der Waals surface area contributed by atoms with Gasteiger partial charge < -0.3 is 5.11 Å². The predicted octanol–water partition coefficient (Wildman–Crippen LogP) is 2.77. The molecule has 0 rings (SSSR count). The average Bonchev–Trinajstić information content (AvgIpc) is 1.88. The van der Waals surface area contributed by atoms with Gasteiger partial charge in [-0.15, -0.1) is 0 Å². The molecule has 0 atom stereocenters. The van der Waals surface area contributed by atoms with Crippen LogP contribution in [0.3, 0.4) is 0 Å². The SMILES string of the molecule is CCCC(Cl)=C(CC)C(=O)O. The zero-order valence-electron chi connectivity index (χ0n) is 6.85. The van der Waals surface area contributed by atoms with E-state index in [1.165, 1.54) is 0 Å². The predicted molar refractivity (Wildman–Crippen MR) is 45.7 cm³/mol. The first-order valence-corrected chi connectivity index (χ1v) is 4.12. The Bertz CT molecular complexity index is 173. The zero-order valence-corrected chi connectivity index (χ0v) is 7.61. The Labute approximate surface area is 71.9 Å². The average molecular weight is 177 g/mol. The molecule has 0 aromatic carbocycles. The highest BCUT2D eigenvalue weighted by Crippen LogP contribution is 2.18. The molecule has 2 nitrogen and oxygen atoms in total. The number of allylic oxidation sites excluding steroid dienone is 1. The molecular formula is C8H13ClO2. The van der Waals surface area contributed by atoms with E-state index in [4.69, 9.17) is 16.7 Å². The minimum Gasteiger partial charge on any atom is -0.478 e. The monoisotopic (exact) mass is 176 g/mol. The van der Waals surface area contributed by atoms with Crippen molar-refractivity contribution in [3.63, 3.8) is 0 Å². The molecule has 0 aliphatic carbocycles. The van der Waals surface area contributed by atoms with Gasteiger partial charge in [-0.2, -0.15) is 0 Å². The van der Waals surface area contributed by atoms with Crippen LogP contribution in [0.5, 0.6) is 0 Å². The second kappa shape index (κ2) is 5.19. The normalized spacial score (nSPS) is 12.6. The molecule has 64 valence electrons. The van der Waals surface area contributed by atoms with Crippen LogP contribution >= 0.6 is 11.6 Å². The Morgan fingerprint density at radius 2 is 2.00 bits per heavy atom. The Hall–Kier alpha value is -0.500. The van der Waals surface area contributed by atoms with Crippen molar-refractivity contribution in [3.8, 4) is 0 Å². The summed E-state index contributed by atoms with van der Waals surface area (Å²) in [4.78, 5) is 10.5. The van der Waals surface area contributed by atoms with E-state index in [1.54, 1.807) is 6.92 Å². The summed E-state index contributed by atoms with van der Waals surface area (Å²) in [5.41, 5.74) is 0.341. The summed E-state index contributed by atoms with van der Waals surface area (Å²) in [6.07, 6.45) is 2.04. The van der Waals surface area contributed by atoms with E-state index in [-0.39, 0.29) is 0 Å². The second-order valence-corrected chi connectivity index (χ2v) is 2.75. The quantitative estimate of drug-likeness (QED) is 0.669. The number of carbonyl (C=O) groups is 1. The lowest BCUT2D eigenvalue weighted by Crippen LogP contribution is -2.01. The van der Waals surface area contributed by atoms with Gasteiger partial charge in [0.05, 0.1) is 5.57 Å². The molecular weight excluding hydrogens is 164 g/mol. The van der Waals surface area contributed by atoms with Gasteiger partial charge in [0.25, 0.3) is 0 Å². The highest BCUT2D eigenvalue weighted by molar-refractivity contribution is 6.31. The molecule has 0 aromatic rings. The minimum absolute atomic E-state index is 0.341. The number of halogens is 1. The molecule has 0 heterocycles. The van der Waals surface area contributed by atoms with Crippen LogP contribution in [-0.2, 0) is 4.79 Å². The van der Waals surface area contributed by atoms with Crippen molar-refractivity contribution < 1.29 is 9.90 Å². The summed E-state index contributed by atoms with van der Waals surface area (Å²) in [6.45, 7) is 3.76. The second-order valence-electron chi connectivity index (χ2n) is 2.29. The maximum absolute atomic E-state index is 10.5. The maximum atomic E-state index is 10.5. The first-order valence-electron chi connectivity index (χ1n) is 3.74. The molecule has 0 radical (unpaired) electrons. The van der Waals surface area contributed by atoms with E-state index >= 15 is 0 Å². The Balaban J connectivity index is 4.40. The van der Waals surface area contributed by atoms with Crippen LogP contribution in [0, 0.1) is 0 Å². The van der Waals surface area contributed by atoms with Crippen molar-refractivity contribution in [2.24, 2.45) is 0 Å². The van der Waals surface area contributed by atoms with Crippen molar-refractivity contribution in [1.82, 2.24) is 0 Å². The van der Waals surface area contributed by atoms with Crippen LogP contribution in [-0.4, -0.2) is 11.1 Å². The minimum atomic E-state index is -0.897. The molecule has 0 aliphatic rings. The number of rotatable bonds is 4. The van der Waals surface area contributed by atoms with Gasteiger partial charge in [0, 0.05) is 5.03 Å². The van der Waals surface area contributed by atoms with Crippen molar-refractivity contribution in [1.29, 1.82) is 0 Å². The summed E-state index contributed by atoms with van der Waals surface area (Å²) in [7, 11) is 0. The van der Waals surface area contributed by atoms with Crippen LogP contribution in [0.15, 0.2) is 10.6 Å². The first kappa shape index (κ1) is 10.5. The van der Waals surface area contributed by atoms with Crippen molar-refractivity contribution in [2.75, 3.05) is 0 Å². The van der Waals surface area contributed by atoms with Gasteiger partial charge in [-0.25, -0.2) is 4.79 Å². The molecule has 0 unspecified atom stereocenters. The van der Waals surface area contributed by atoms with Crippen LogP contribution in [0.1, 0.15) is 33.1 Å². The summed E-state index contributed by atoms with van der Waals surface area (Å²) in [6, 6.07) is 0. The zero-order chi connectivity index (χ0) is 8.85. The molecule has 11 heavy (non-hydrogen) atoms. The van der Waals surface area contributed by atoms with Gasteiger partial charge in [0.1, 0.15) is 0 Å². The van der Waals surface area contributed by atoms with Crippen LogP contribution in [0.25, 0.3) is 0 Å². The number of aliphatic carboxylic acids is 1. The van der Waals surface area contributed by atoms with E-state index in [0.717, 1.165) is 6.42 Å². The summed E-state index contributed by atoms with van der Waals surface area (Å²) < 4.78 is 0. The highest BCUT2D eigenvalue weighted by Gasteiger charge is 2.09. The van der Waals surface area contributed by atoms with Crippen LogP contribution in [0.4, 0.5) is 0 Å². The van der Waals surface area contributed by atoms with Crippen LogP contribution < -0.4 is 0 Å². The highest BCUT2D eigenvalue weighted by atomic mass is 35.5. The maximum Gasteiger partial charge on any atom is 0.332 e. The molecule has 0 bridgehead atoms. The van der Waals surface area contributed by atoms with Crippen molar-refractivity contribution in [2.45, 2.75) is 33.1 Å². The number of hydrogen-bond acceptors (Lipinski definition) is 1. The third kappa shape index (κ3) is 3.42. The molecule has 0 aliphatic heterocycles. The van der Waals surface area contributed by atoms with E-state index < -0.39 is 5.97 Å². The molecule has 0 saturated carbocycles. The fourth-order valence-corrected chi connectivity index (χ4v) is 1.23. The standard InChI is InChI=1S/C8H13ClO2/c1-3-5-7(9)6(4-2)8(10)11/h3-5H2,1-2H3,(H,10,11). The van der Waals surface area contributed by atoms with Gasteiger partial charge in [0.2, 0.25) is 0 Å². The lowest BCUT2D eigenvalue weighted by molar-refractivity contribution is -0.132. The molecule has 0 aromatic heterocycles. The first-order chi connectivity index (χ1) is 5.13. The van der Waals surface area contributed by atoms with Gasteiger partial charge in [0.15, 0.2) is 0 Å². The smallest absolute Gasteiger partial charge is 0.332 e. The summed E-state index contributed by atoms with van der Waals surface area (Å²) in [5, 5.41) is 9.12. The third-order valence-electron chi connectivity index (χ3n) is 1.41. The fraction of sp³-hybridized carbons (Fsp3) is 0.625. The Morgan fingerprint density at radius 1 is 1.45 bits per heavy atom. The number of carboxylic acid groups (broad SMARTS) is 1. The van der Waals surface area contributed by atoms with Gasteiger partial charge in [-0.05, 0) is 12.8 Å². The van der Waals surface area contributed by atoms with Gasteiger partial charge >= 0.3 is 5.97 Å². The van der Waals surface area contributed by atoms with E-state index in [0.29, 0.717) is 23.4 Å².